The number of rotatable bonds is 5. The second-order valence-corrected chi connectivity index (χ2v) is 5.53. The topological polar surface area (TPSA) is 58.2 Å². The molecular weight excluding hydrogens is 333 g/mol. The smallest absolute Gasteiger partial charge is 0.352 e. The van der Waals surface area contributed by atoms with Gasteiger partial charge in [0.05, 0.1) is 12.0 Å². The Bertz CT molecular complexity index is 738. The van der Waals surface area contributed by atoms with Crippen LogP contribution in [-0.4, -0.2) is 11.8 Å². The summed E-state index contributed by atoms with van der Waals surface area (Å²) < 4.78 is 37.4. The average molecular weight is 350 g/mol. The van der Waals surface area contributed by atoms with Gasteiger partial charge >= 0.3 is 6.18 Å². The summed E-state index contributed by atoms with van der Waals surface area (Å²) in [7, 11) is 0. The third kappa shape index (κ3) is 5.95. The Hall–Kier alpha value is -2.83. The van der Waals surface area contributed by atoms with Gasteiger partial charge in [0, 0.05) is 19.2 Å². The third-order valence-corrected chi connectivity index (χ3v) is 3.41. The highest BCUT2D eigenvalue weighted by atomic mass is 19.4. The molecule has 132 valence electrons. The first-order valence-corrected chi connectivity index (χ1v) is 7.53. The maximum absolute atomic E-state index is 12.5. The molecule has 0 aromatic heterocycles. The highest BCUT2D eigenvalue weighted by molar-refractivity contribution is 5.88. The molecule has 2 aromatic carbocycles. The van der Waals surface area contributed by atoms with Crippen molar-refractivity contribution in [1.29, 1.82) is 0 Å². The van der Waals surface area contributed by atoms with Crippen LogP contribution >= 0.6 is 0 Å². The molecule has 0 spiro atoms. The standard InChI is InChI=1S/C18H17F3N2O2/c1-12(24)23-16-8-4-13(5-9-16)10-17(25)22-11-14-2-6-15(7-3-14)18(19,20)21/h2-9H,10-11H2,1H3,(H,22,25)(H,23,24). The Labute approximate surface area is 143 Å². The van der Waals surface area contributed by atoms with Crippen molar-refractivity contribution < 1.29 is 22.8 Å². The van der Waals surface area contributed by atoms with Gasteiger partial charge in [-0.15, -0.1) is 0 Å². The van der Waals surface area contributed by atoms with Gasteiger partial charge in [0.2, 0.25) is 11.8 Å². The predicted octanol–water partition coefficient (Wildman–Crippen LogP) is 3.52. The van der Waals surface area contributed by atoms with E-state index in [1.54, 1.807) is 24.3 Å². The number of carbonyl (C=O) groups is 2. The molecule has 0 saturated heterocycles. The van der Waals surface area contributed by atoms with Crippen molar-refractivity contribution in [3.8, 4) is 0 Å². The van der Waals surface area contributed by atoms with Crippen LogP contribution in [0, 0.1) is 0 Å². The second-order valence-electron chi connectivity index (χ2n) is 5.53. The molecule has 25 heavy (non-hydrogen) atoms. The van der Waals surface area contributed by atoms with Crippen LogP contribution in [0.4, 0.5) is 18.9 Å². The van der Waals surface area contributed by atoms with Crippen LogP contribution in [-0.2, 0) is 28.7 Å². The molecule has 2 N–H and O–H groups in total. The van der Waals surface area contributed by atoms with Gasteiger partial charge < -0.3 is 10.6 Å². The zero-order chi connectivity index (χ0) is 18.4. The van der Waals surface area contributed by atoms with E-state index in [1.807, 2.05) is 0 Å². The van der Waals surface area contributed by atoms with Crippen LogP contribution in [0.3, 0.4) is 0 Å². The number of hydrogen-bond acceptors (Lipinski definition) is 2. The summed E-state index contributed by atoms with van der Waals surface area (Å²) >= 11 is 0. The van der Waals surface area contributed by atoms with Crippen molar-refractivity contribution in [3.05, 3.63) is 65.2 Å². The number of halogens is 3. The number of anilines is 1. The van der Waals surface area contributed by atoms with Crippen LogP contribution < -0.4 is 10.6 Å². The fourth-order valence-electron chi connectivity index (χ4n) is 2.17. The van der Waals surface area contributed by atoms with Crippen LogP contribution in [0.25, 0.3) is 0 Å². The summed E-state index contributed by atoms with van der Waals surface area (Å²) in [6.07, 6.45) is -4.23. The Morgan fingerprint density at radius 1 is 0.920 bits per heavy atom. The summed E-state index contributed by atoms with van der Waals surface area (Å²) in [5.74, 6) is -0.422. The maximum Gasteiger partial charge on any atom is 0.416 e. The zero-order valence-electron chi connectivity index (χ0n) is 13.5. The number of hydrogen-bond donors (Lipinski definition) is 2. The Morgan fingerprint density at radius 2 is 1.48 bits per heavy atom. The van der Waals surface area contributed by atoms with Crippen molar-refractivity contribution in [1.82, 2.24) is 5.32 Å². The SMILES string of the molecule is CC(=O)Nc1ccc(CC(=O)NCc2ccc(C(F)(F)F)cc2)cc1. The van der Waals surface area contributed by atoms with Gasteiger partial charge in [0.1, 0.15) is 0 Å². The van der Waals surface area contributed by atoms with Crippen molar-refractivity contribution in [2.24, 2.45) is 0 Å². The van der Waals surface area contributed by atoms with E-state index < -0.39 is 11.7 Å². The molecule has 0 fully saturated rings. The lowest BCUT2D eigenvalue weighted by Gasteiger charge is -2.09. The number of benzene rings is 2. The summed E-state index contributed by atoms with van der Waals surface area (Å²) in [5, 5.41) is 5.29. The minimum absolute atomic E-state index is 0.140. The fourth-order valence-corrected chi connectivity index (χ4v) is 2.17. The van der Waals surface area contributed by atoms with Crippen molar-refractivity contribution in [2.75, 3.05) is 5.32 Å². The van der Waals surface area contributed by atoms with Crippen LogP contribution in [0.1, 0.15) is 23.6 Å². The quantitative estimate of drug-likeness (QED) is 0.867. The number of amides is 2. The molecule has 0 radical (unpaired) electrons. The van der Waals surface area contributed by atoms with E-state index in [4.69, 9.17) is 0 Å². The highest BCUT2D eigenvalue weighted by Gasteiger charge is 2.29. The first kappa shape index (κ1) is 18.5. The molecule has 2 rings (SSSR count). The Morgan fingerprint density at radius 3 is 2.00 bits per heavy atom. The molecule has 0 aliphatic carbocycles. The molecule has 0 aliphatic rings. The normalized spacial score (nSPS) is 11.0. The van der Waals surface area contributed by atoms with Gasteiger partial charge in [0.25, 0.3) is 0 Å². The van der Waals surface area contributed by atoms with Crippen LogP contribution in [0.15, 0.2) is 48.5 Å². The van der Waals surface area contributed by atoms with E-state index in [1.165, 1.54) is 19.1 Å². The number of alkyl halides is 3. The van der Waals surface area contributed by atoms with Gasteiger partial charge in [-0.25, -0.2) is 0 Å². The predicted molar refractivity (Wildman–Crippen MR) is 87.7 cm³/mol. The molecule has 2 amide bonds. The Kier molecular flexibility index (Phi) is 5.80. The van der Waals surface area contributed by atoms with E-state index in [2.05, 4.69) is 10.6 Å². The molecule has 2 aromatic rings. The first-order chi connectivity index (χ1) is 11.7. The molecule has 4 nitrogen and oxygen atoms in total. The van der Waals surface area contributed by atoms with Gasteiger partial charge in [-0.2, -0.15) is 13.2 Å². The Balaban J connectivity index is 1.85. The van der Waals surface area contributed by atoms with Gasteiger partial charge in [-0.1, -0.05) is 24.3 Å². The zero-order valence-corrected chi connectivity index (χ0v) is 13.5. The van der Waals surface area contributed by atoms with Crippen molar-refractivity contribution in [3.63, 3.8) is 0 Å². The van der Waals surface area contributed by atoms with E-state index in [0.717, 1.165) is 17.7 Å². The minimum atomic E-state index is -4.37. The van der Waals surface area contributed by atoms with Crippen LogP contribution in [0.5, 0.6) is 0 Å². The summed E-state index contributed by atoms with van der Waals surface area (Å²) in [5.41, 5.74) is 1.27. The lowest BCUT2D eigenvalue weighted by atomic mass is 10.1. The first-order valence-electron chi connectivity index (χ1n) is 7.53. The lowest BCUT2D eigenvalue weighted by Crippen LogP contribution is -2.24. The molecular formula is C18H17F3N2O2. The van der Waals surface area contributed by atoms with Gasteiger partial charge in [-0.05, 0) is 35.4 Å². The summed E-state index contributed by atoms with van der Waals surface area (Å²) in [6.45, 7) is 1.56. The van der Waals surface area contributed by atoms with Crippen molar-refractivity contribution >= 4 is 17.5 Å². The third-order valence-electron chi connectivity index (χ3n) is 3.41. The number of nitrogens with one attached hydrogen (secondary N) is 2. The second kappa shape index (κ2) is 7.83. The largest absolute Gasteiger partial charge is 0.416 e. The maximum atomic E-state index is 12.5. The molecule has 0 bridgehead atoms. The van der Waals surface area contributed by atoms with E-state index in [9.17, 15) is 22.8 Å². The number of carbonyl (C=O) groups excluding carboxylic acids is 2. The average Bonchev–Trinajstić information content (AvgIpc) is 2.54. The fraction of sp³-hybridized carbons (Fsp3) is 0.222. The highest BCUT2D eigenvalue weighted by Crippen LogP contribution is 2.29. The van der Waals surface area contributed by atoms with Crippen molar-refractivity contribution in [2.45, 2.75) is 26.1 Å². The molecule has 0 heterocycles. The summed E-state index contributed by atoms with van der Waals surface area (Å²) in [4.78, 5) is 22.8. The van der Waals surface area contributed by atoms with E-state index in [-0.39, 0.29) is 24.8 Å². The molecule has 7 heteroatoms. The molecule has 0 aliphatic heterocycles. The molecule has 0 atom stereocenters. The lowest BCUT2D eigenvalue weighted by molar-refractivity contribution is -0.137. The minimum Gasteiger partial charge on any atom is -0.352 e. The molecule has 0 saturated carbocycles. The summed E-state index contributed by atoms with van der Waals surface area (Å²) in [6, 6.07) is 11.5. The van der Waals surface area contributed by atoms with E-state index >= 15 is 0 Å². The molecule has 0 unspecified atom stereocenters. The monoisotopic (exact) mass is 350 g/mol. The van der Waals surface area contributed by atoms with E-state index in [0.29, 0.717) is 11.3 Å². The van der Waals surface area contributed by atoms with Crippen LogP contribution in [0.2, 0.25) is 0 Å². The van der Waals surface area contributed by atoms with Gasteiger partial charge in [0.15, 0.2) is 0 Å². The van der Waals surface area contributed by atoms with Gasteiger partial charge in [-0.3, -0.25) is 9.59 Å².